The summed E-state index contributed by atoms with van der Waals surface area (Å²) in [6.45, 7) is 3.93. The van der Waals surface area contributed by atoms with Crippen LogP contribution in [0.2, 0.25) is 0 Å². The zero-order valence-electron chi connectivity index (χ0n) is 12.6. The van der Waals surface area contributed by atoms with E-state index in [1.807, 2.05) is 19.9 Å². The van der Waals surface area contributed by atoms with Crippen molar-refractivity contribution in [2.24, 2.45) is 5.92 Å². The number of hydrogen-bond acceptors (Lipinski definition) is 3. The van der Waals surface area contributed by atoms with Crippen molar-refractivity contribution in [3.8, 4) is 0 Å². The monoisotopic (exact) mass is 293 g/mol. The Hall–Kier alpha value is -1.85. The van der Waals surface area contributed by atoms with Gasteiger partial charge in [0.1, 0.15) is 6.54 Å². The Morgan fingerprint density at radius 2 is 2.05 bits per heavy atom. The third-order valence-electron chi connectivity index (χ3n) is 4.08. The number of carbonyl (C=O) groups excluding carboxylic acids is 1. The van der Waals surface area contributed by atoms with E-state index in [1.54, 1.807) is 4.68 Å². The summed E-state index contributed by atoms with van der Waals surface area (Å²) in [5.41, 5.74) is 1.80. The molecule has 1 heterocycles. The number of aliphatic carboxylic acids is 1. The van der Waals surface area contributed by atoms with E-state index in [-0.39, 0.29) is 18.5 Å². The number of amides is 1. The molecule has 116 valence electrons. The average molecular weight is 293 g/mol. The van der Waals surface area contributed by atoms with E-state index >= 15 is 0 Å². The van der Waals surface area contributed by atoms with Crippen molar-refractivity contribution in [1.82, 2.24) is 15.1 Å². The van der Waals surface area contributed by atoms with Crippen LogP contribution in [0.1, 0.15) is 43.5 Å². The highest BCUT2D eigenvalue weighted by Crippen LogP contribution is 2.23. The molecule has 0 aliphatic heterocycles. The van der Waals surface area contributed by atoms with Crippen LogP contribution in [0.15, 0.2) is 6.07 Å². The van der Waals surface area contributed by atoms with Crippen LogP contribution in [0.25, 0.3) is 0 Å². The van der Waals surface area contributed by atoms with Crippen LogP contribution in [0.4, 0.5) is 0 Å². The lowest BCUT2D eigenvalue weighted by molar-refractivity contribution is -0.143. The molecule has 2 atom stereocenters. The van der Waals surface area contributed by atoms with Gasteiger partial charge in [-0.15, -0.1) is 0 Å². The number of aryl methyl sites for hydroxylation is 2. The Morgan fingerprint density at radius 1 is 1.33 bits per heavy atom. The van der Waals surface area contributed by atoms with Crippen LogP contribution >= 0.6 is 0 Å². The van der Waals surface area contributed by atoms with Gasteiger partial charge in [0.15, 0.2) is 0 Å². The summed E-state index contributed by atoms with van der Waals surface area (Å²) in [5, 5.41) is 16.5. The maximum Gasteiger partial charge on any atom is 0.308 e. The third-order valence-corrected chi connectivity index (χ3v) is 4.08. The predicted octanol–water partition coefficient (Wildman–Crippen LogP) is 1.65. The van der Waals surface area contributed by atoms with Crippen molar-refractivity contribution in [2.45, 2.75) is 58.5 Å². The highest BCUT2D eigenvalue weighted by Gasteiger charge is 2.30. The standard InChI is InChI=1S/C15H23N3O3/c1-10-8-11(2)18(17-10)9-14(19)16-13-7-5-3-4-6-12(13)15(20)21/h8,12-13H,3-7,9H2,1-2H3,(H,16,19)(H,20,21)/t12-,13+/m1/s1. The Balaban J connectivity index is 1.99. The van der Waals surface area contributed by atoms with Crippen LogP contribution in [-0.2, 0) is 16.1 Å². The minimum absolute atomic E-state index is 0.141. The Labute approximate surface area is 124 Å². The zero-order valence-corrected chi connectivity index (χ0v) is 12.6. The molecule has 1 aliphatic rings. The van der Waals surface area contributed by atoms with Crippen LogP contribution in [0.5, 0.6) is 0 Å². The largest absolute Gasteiger partial charge is 0.481 e. The highest BCUT2D eigenvalue weighted by molar-refractivity contribution is 5.78. The van der Waals surface area contributed by atoms with Crippen molar-refractivity contribution in [3.63, 3.8) is 0 Å². The fourth-order valence-corrected chi connectivity index (χ4v) is 3.00. The first-order valence-electron chi connectivity index (χ1n) is 7.50. The summed E-state index contributed by atoms with van der Waals surface area (Å²) in [6.07, 6.45) is 4.29. The highest BCUT2D eigenvalue weighted by atomic mass is 16.4. The average Bonchev–Trinajstić information content (AvgIpc) is 2.61. The van der Waals surface area contributed by atoms with Crippen LogP contribution in [0.3, 0.4) is 0 Å². The molecule has 0 saturated heterocycles. The van der Waals surface area contributed by atoms with Gasteiger partial charge in [0.25, 0.3) is 0 Å². The summed E-state index contributed by atoms with van der Waals surface area (Å²) >= 11 is 0. The van der Waals surface area contributed by atoms with Crippen LogP contribution in [0, 0.1) is 19.8 Å². The molecule has 1 aliphatic carbocycles. The molecule has 0 spiro atoms. The lowest BCUT2D eigenvalue weighted by Gasteiger charge is -2.23. The first kappa shape index (κ1) is 15.5. The van der Waals surface area contributed by atoms with E-state index in [0.717, 1.165) is 37.1 Å². The van der Waals surface area contributed by atoms with Gasteiger partial charge in [-0.3, -0.25) is 14.3 Å². The van der Waals surface area contributed by atoms with Gasteiger partial charge >= 0.3 is 5.97 Å². The maximum absolute atomic E-state index is 12.2. The molecule has 0 bridgehead atoms. The van der Waals surface area contributed by atoms with Gasteiger partial charge < -0.3 is 10.4 Å². The van der Waals surface area contributed by atoms with Crippen molar-refractivity contribution in [3.05, 3.63) is 17.5 Å². The molecule has 0 unspecified atom stereocenters. The van der Waals surface area contributed by atoms with Gasteiger partial charge in [0.05, 0.1) is 11.6 Å². The third kappa shape index (κ3) is 4.06. The van der Waals surface area contributed by atoms with Gasteiger partial charge in [0.2, 0.25) is 5.91 Å². The molecule has 2 N–H and O–H groups in total. The number of carboxylic acids is 1. The fourth-order valence-electron chi connectivity index (χ4n) is 3.00. The quantitative estimate of drug-likeness (QED) is 0.827. The summed E-state index contributed by atoms with van der Waals surface area (Å²) < 4.78 is 1.65. The molecule has 1 aromatic heterocycles. The number of carboxylic acid groups (broad SMARTS) is 1. The maximum atomic E-state index is 12.2. The van der Waals surface area contributed by atoms with E-state index in [0.29, 0.717) is 6.42 Å². The minimum atomic E-state index is -0.812. The fraction of sp³-hybridized carbons (Fsp3) is 0.667. The second-order valence-corrected chi connectivity index (χ2v) is 5.84. The molecule has 6 heteroatoms. The van der Waals surface area contributed by atoms with Gasteiger partial charge in [-0.25, -0.2) is 0 Å². The second kappa shape index (κ2) is 6.74. The molecule has 0 radical (unpaired) electrons. The number of hydrogen-bond donors (Lipinski definition) is 2. The van der Waals surface area contributed by atoms with Crippen LogP contribution < -0.4 is 5.32 Å². The number of nitrogens with one attached hydrogen (secondary N) is 1. The predicted molar refractivity (Wildman–Crippen MR) is 77.8 cm³/mol. The van der Waals surface area contributed by atoms with Crippen LogP contribution in [-0.4, -0.2) is 32.8 Å². The van der Waals surface area contributed by atoms with Crippen molar-refractivity contribution in [2.75, 3.05) is 0 Å². The Bertz CT molecular complexity index is 524. The molecule has 1 saturated carbocycles. The van der Waals surface area contributed by atoms with Gasteiger partial charge in [0, 0.05) is 11.7 Å². The van der Waals surface area contributed by atoms with E-state index in [1.165, 1.54) is 0 Å². The first-order valence-corrected chi connectivity index (χ1v) is 7.50. The molecule has 1 amide bonds. The summed E-state index contributed by atoms with van der Waals surface area (Å²) in [5.74, 6) is -1.45. The smallest absolute Gasteiger partial charge is 0.308 e. The van der Waals surface area contributed by atoms with Gasteiger partial charge in [-0.1, -0.05) is 19.3 Å². The molecule has 1 fully saturated rings. The lowest BCUT2D eigenvalue weighted by atomic mass is 9.95. The van der Waals surface area contributed by atoms with E-state index in [9.17, 15) is 14.7 Å². The molecule has 1 aromatic rings. The number of carbonyl (C=O) groups is 2. The van der Waals surface area contributed by atoms with E-state index in [2.05, 4.69) is 10.4 Å². The Morgan fingerprint density at radius 3 is 2.67 bits per heavy atom. The van der Waals surface area contributed by atoms with E-state index in [4.69, 9.17) is 0 Å². The molecule has 0 aromatic carbocycles. The normalized spacial score (nSPS) is 22.6. The van der Waals surface area contributed by atoms with Gasteiger partial charge in [-0.05, 0) is 32.8 Å². The molecule has 21 heavy (non-hydrogen) atoms. The molecular weight excluding hydrogens is 270 g/mol. The number of nitrogens with zero attached hydrogens (tertiary/aromatic N) is 2. The topological polar surface area (TPSA) is 84.2 Å². The molecular formula is C15H23N3O3. The molecule has 2 rings (SSSR count). The second-order valence-electron chi connectivity index (χ2n) is 5.84. The first-order chi connectivity index (χ1) is 9.97. The number of rotatable bonds is 4. The van der Waals surface area contributed by atoms with Crippen molar-refractivity contribution >= 4 is 11.9 Å². The Kier molecular flexibility index (Phi) is 4.98. The lowest BCUT2D eigenvalue weighted by Crippen LogP contribution is -2.44. The zero-order chi connectivity index (χ0) is 15.4. The SMILES string of the molecule is Cc1cc(C)n(CC(=O)N[C@H]2CCCCC[C@H]2C(=O)O)n1. The minimum Gasteiger partial charge on any atom is -0.481 e. The van der Waals surface area contributed by atoms with Crippen molar-refractivity contribution in [1.29, 1.82) is 0 Å². The van der Waals surface area contributed by atoms with Crippen molar-refractivity contribution < 1.29 is 14.7 Å². The number of aromatic nitrogens is 2. The molecule has 6 nitrogen and oxygen atoms in total. The van der Waals surface area contributed by atoms with E-state index < -0.39 is 11.9 Å². The van der Waals surface area contributed by atoms with Gasteiger partial charge in [-0.2, -0.15) is 5.10 Å². The summed E-state index contributed by atoms with van der Waals surface area (Å²) in [7, 11) is 0. The summed E-state index contributed by atoms with van der Waals surface area (Å²) in [6, 6.07) is 1.65. The summed E-state index contributed by atoms with van der Waals surface area (Å²) in [4.78, 5) is 23.5.